The van der Waals surface area contributed by atoms with Crippen LogP contribution in [0.5, 0.6) is 5.75 Å². The van der Waals surface area contributed by atoms with E-state index in [9.17, 15) is 14.4 Å². The van der Waals surface area contributed by atoms with Crippen molar-refractivity contribution in [3.63, 3.8) is 0 Å². The fourth-order valence-electron chi connectivity index (χ4n) is 5.58. The Balaban J connectivity index is 1.31. The summed E-state index contributed by atoms with van der Waals surface area (Å²) >= 11 is 0. The highest BCUT2D eigenvalue weighted by Crippen LogP contribution is 2.25. The van der Waals surface area contributed by atoms with Crippen molar-refractivity contribution in [2.45, 2.75) is 50.6 Å². The highest BCUT2D eigenvalue weighted by molar-refractivity contribution is 5.80. The van der Waals surface area contributed by atoms with E-state index in [2.05, 4.69) is 17.5 Å². The Hall–Kier alpha value is -3.81. The van der Waals surface area contributed by atoms with Gasteiger partial charge in [0.2, 0.25) is 5.91 Å². The summed E-state index contributed by atoms with van der Waals surface area (Å²) in [5, 5.41) is 3.13. The van der Waals surface area contributed by atoms with Gasteiger partial charge in [0.1, 0.15) is 5.75 Å². The fourth-order valence-corrected chi connectivity index (χ4v) is 5.58. The molecule has 1 aromatic heterocycles. The molecule has 1 saturated heterocycles. The summed E-state index contributed by atoms with van der Waals surface area (Å²) < 4.78 is 9.08. The molecule has 0 bridgehead atoms. The Bertz CT molecular complexity index is 1400. The zero-order chi connectivity index (χ0) is 25.9. The summed E-state index contributed by atoms with van der Waals surface area (Å²) in [6, 6.07) is 13.5. The molecule has 1 fully saturated rings. The van der Waals surface area contributed by atoms with Crippen molar-refractivity contribution in [3.05, 3.63) is 76.2 Å². The van der Waals surface area contributed by atoms with Gasteiger partial charge in [-0.2, -0.15) is 0 Å². The molecule has 0 aliphatic carbocycles. The van der Waals surface area contributed by atoms with E-state index in [-0.39, 0.29) is 36.2 Å². The molecule has 194 valence electrons. The predicted octanol–water partition coefficient (Wildman–Crippen LogP) is 2.87. The van der Waals surface area contributed by atoms with E-state index in [1.54, 1.807) is 23.2 Å². The smallest absolute Gasteiger partial charge is 0.328 e. The highest BCUT2D eigenvalue weighted by Gasteiger charge is 2.34. The number of likely N-dealkylation sites (tertiary alicyclic amines) is 1. The number of aromatic nitrogens is 2. The van der Waals surface area contributed by atoms with Crippen molar-refractivity contribution in [3.8, 4) is 5.75 Å². The first kappa shape index (κ1) is 24.9. The molecular formula is C29H34N4O4. The molecule has 0 unspecified atom stereocenters. The normalized spacial score (nSPS) is 21.1. The molecule has 5 rings (SSSR count). The quantitative estimate of drug-likeness (QED) is 0.558. The van der Waals surface area contributed by atoms with Crippen molar-refractivity contribution in [1.82, 2.24) is 19.4 Å². The van der Waals surface area contributed by atoms with E-state index in [1.165, 1.54) is 0 Å². The van der Waals surface area contributed by atoms with Crippen molar-refractivity contribution in [2.24, 2.45) is 14.1 Å². The third kappa shape index (κ3) is 5.19. The molecule has 8 nitrogen and oxygen atoms in total. The summed E-state index contributed by atoms with van der Waals surface area (Å²) in [4.78, 5) is 40.4. The molecule has 8 heteroatoms. The van der Waals surface area contributed by atoms with Crippen LogP contribution in [0.1, 0.15) is 36.8 Å². The van der Waals surface area contributed by atoms with Crippen LogP contribution >= 0.6 is 0 Å². The van der Waals surface area contributed by atoms with Gasteiger partial charge in [0.25, 0.3) is 5.91 Å². The second-order valence-electron chi connectivity index (χ2n) is 10.0. The second-order valence-corrected chi connectivity index (χ2v) is 10.0. The Morgan fingerprint density at radius 3 is 2.73 bits per heavy atom. The van der Waals surface area contributed by atoms with E-state index in [0.29, 0.717) is 32.2 Å². The number of rotatable bonds is 3. The average Bonchev–Trinajstić information content (AvgIpc) is 3.12. The molecule has 2 amide bonds. The number of hydrogen-bond donors (Lipinski definition) is 1. The fraction of sp³-hybridized carbons (Fsp3) is 0.414. The van der Waals surface area contributed by atoms with Gasteiger partial charge in [0.15, 0.2) is 6.61 Å². The summed E-state index contributed by atoms with van der Waals surface area (Å²) in [7, 11) is 3.53. The molecule has 0 radical (unpaired) electrons. The Kier molecular flexibility index (Phi) is 7.17. The van der Waals surface area contributed by atoms with Gasteiger partial charge in [-0.25, -0.2) is 4.79 Å². The summed E-state index contributed by atoms with van der Waals surface area (Å²) in [6.07, 6.45) is 8.31. The molecule has 1 N–H and O–H groups in total. The maximum atomic E-state index is 13.4. The van der Waals surface area contributed by atoms with Gasteiger partial charge in [-0.1, -0.05) is 36.4 Å². The second kappa shape index (κ2) is 10.7. The van der Waals surface area contributed by atoms with E-state index < -0.39 is 0 Å². The van der Waals surface area contributed by atoms with Crippen LogP contribution in [0, 0.1) is 0 Å². The lowest BCUT2D eigenvalue weighted by molar-refractivity contribution is -0.137. The number of nitrogens with one attached hydrogen (secondary N) is 1. The zero-order valence-corrected chi connectivity index (χ0v) is 21.5. The topological polar surface area (TPSA) is 85.6 Å². The van der Waals surface area contributed by atoms with E-state index in [0.717, 1.165) is 40.8 Å². The first-order valence-electron chi connectivity index (χ1n) is 13.0. The number of ether oxygens (including phenoxy) is 1. The molecular weight excluding hydrogens is 468 g/mol. The van der Waals surface area contributed by atoms with Crippen LogP contribution in [0.25, 0.3) is 11.0 Å². The predicted molar refractivity (Wildman–Crippen MR) is 143 cm³/mol. The first-order valence-corrected chi connectivity index (χ1v) is 13.0. The van der Waals surface area contributed by atoms with Crippen LogP contribution in [0.15, 0.2) is 59.4 Å². The third-order valence-corrected chi connectivity index (χ3v) is 7.62. The maximum absolute atomic E-state index is 13.4. The summed E-state index contributed by atoms with van der Waals surface area (Å²) in [5.74, 6) is 0.659. The molecule has 2 aliphatic rings. The van der Waals surface area contributed by atoms with Gasteiger partial charge in [-0.15, -0.1) is 0 Å². The summed E-state index contributed by atoms with van der Waals surface area (Å²) in [6.45, 7) is 0.650. The Morgan fingerprint density at radius 2 is 1.86 bits per heavy atom. The third-order valence-electron chi connectivity index (χ3n) is 7.62. The van der Waals surface area contributed by atoms with Crippen molar-refractivity contribution >= 4 is 22.8 Å². The number of benzene rings is 2. The number of hydrogen-bond acceptors (Lipinski definition) is 4. The number of amides is 2. The SMILES string of the molecule is Cn1c(=O)n(C)c2cc(CCC(=O)N3CCC[C@H]4NC(=O)COc5ccccc5C/C=C/C[C@H]43)ccc21. The lowest BCUT2D eigenvalue weighted by Gasteiger charge is -2.41. The van der Waals surface area contributed by atoms with E-state index in [1.807, 2.05) is 47.4 Å². The van der Waals surface area contributed by atoms with Crippen LogP contribution in [-0.4, -0.2) is 51.1 Å². The lowest BCUT2D eigenvalue weighted by atomic mass is 9.92. The maximum Gasteiger partial charge on any atom is 0.328 e. The molecule has 0 spiro atoms. The minimum Gasteiger partial charge on any atom is -0.483 e. The number of aryl methyl sites for hydroxylation is 3. The van der Waals surface area contributed by atoms with Crippen LogP contribution in [0.4, 0.5) is 0 Å². The zero-order valence-electron chi connectivity index (χ0n) is 21.5. The van der Waals surface area contributed by atoms with Crippen molar-refractivity contribution in [2.75, 3.05) is 13.2 Å². The molecule has 2 aromatic carbocycles. The molecule has 3 heterocycles. The average molecular weight is 503 g/mol. The van der Waals surface area contributed by atoms with Crippen LogP contribution < -0.4 is 15.7 Å². The van der Waals surface area contributed by atoms with E-state index in [4.69, 9.17) is 4.74 Å². The van der Waals surface area contributed by atoms with Gasteiger partial charge in [0, 0.05) is 33.1 Å². The van der Waals surface area contributed by atoms with Gasteiger partial charge in [-0.05, 0) is 61.4 Å². The lowest BCUT2D eigenvalue weighted by Crippen LogP contribution is -2.57. The number of carbonyl (C=O) groups excluding carboxylic acids is 2. The van der Waals surface area contributed by atoms with Gasteiger partial charge in [0.05, 0.1) is 17.1 Å². The van der Waals surface area contributed by atoms with Gasteiger partial charge >= 0.3 is 5.69 Å². The number of allylic oxidation sites excluding steroid dienone is 1. The van der Waals surface area contributed by atoms with Gasteiger partial charge < -0.3 is 15.0 Å². The molecule has 37 heavy (non-hydrogen) atoms. The van der Waals surface area contributed by atoms with Crippen LogP contribution in [-0.2, 0) is 36.5 Å². The first-order chi connectivity index (χ1) is 17.9. The Morgan fingerprint density at radius 1 is 1.05 bits per heavy atom. The molecule has 3 aromatic rings. The molecule has 2 atom stereocenters. The van der Waals surface area contributed by atoms with Crippen molar-refractivity contribution < 1.29 is 14.3 Å². The molecule has 0 saturated carbocycles. The number of imidazole rings is 1. The standard InChI is InChI=1S/C29H34N4O4/c1-31-24-15-13-20(18-25(24)32(2)29(31)36)14-16-28(35)33-17-7-10-22-23(33)11-5-3-8-21-9-4-6-12-26(21)37-19-27(34)30-22/h3-6,9,12-13,15,18,22-23H,7-8,10-11,14,16-17,19H2,1-2H3,(H,30,34)/b5-3+/t22-,23-/m1/s1. The number of carbonyl (C=O) groups is 2. The number of para-hydroxylation sites is 1. The van der Waals surface area contributed by atoms with Crippen LogP contribution in [0.3, 0.4) is 0 Å². The monoisotopic (exact) mass is 502 g/mol. The summed E-state index contributed by atoms with van der Waals surface area (Å²) in [5.41, 5.74) is 3.75. The number of piperidine rings is 1. The van der Waals surface area contributed by atoms with E-state index >= 15 is 0 Å². The highest BCUT2D eigenvalue weighted by atomic mass is 16.5. The molecule has 2 aliphatic heterocycles. The Labute approximate surface area is 216 Å². The minimum atomic E-state index is -0.162. The number of nitrogens with zero attached hydrogens (tertiary/aromatic N) is 3. The van der Waals surface area contributed by atoms with Crippen molar-refractivity contribution in [1.29, 1.82) is 0 Å². The number of fused-ring (bicyclic) bond motifs is 3. The van der Waals surface area contributed by atoms with Gasteiger partial charge in [-0.3, -0.25) is 18.7 Å². The minimum absolute atomic E-state index is 0.0393. The largest absolute Gasteiger partial charge is 0.483 e. The van der Waals surface area contributed by atoms with Crippen LogP contribution in [0.2, 0.25) is 0 Å².